The van der Waals surface area contributed by atoms with E-state index in [-0.39, 0.29) is 6.10 Å². The molecular formula is C18H30N2O2. The van der Waals surface area contributed by atoms with Crippen LogP contribution in [0.3, 0.4) is 0 Å². The summed E-state index contributed by atoms with van der Waals surface area (Å²) in [5.41, 5.74) is 2.73. The highest BCUT2D eigenvalue weighted by Gasteiger charge is 2.15. The van der Waals surface area contributed by atoms with Crippen LogP contribution in [0.5, 0.6) is 0 Å². The summed E-state index contributed by atoms with van der Waals surface area (Å²) in [7, 11) is 2.10. The lowest BCUT2D eigenvalue weighted by molar-refractivity contribution is 0.00867. The summed E-state index contributed by atoms with van der Waals surface area (Å²) in [6.07, 6.45) is 1.96. The van der Waals surface area contributed by atoms with E-state index in [9.17, 15) is 5.11 Å². The van der Waals surface area contributed by atoms with Gasteiger partial charge in [0.2, 0.25) is 0 Å². The molecule has 0 bridgehead atoms. The molecule has 1 aliphatic heterocycles. The number of aliphatic hydroxyl groups excluding tert-OH is 1. The number of benzene rings is 1. The second-order valence-electron chi connectivity index (χ2n) is 6.42. The van der Waals surface area contributed by atoms with Crippen molar-refractivity contribution < 1.29 is 9.84 Å². The Balaban J connectivity index is 1.61. The number of rotatable bonds is 8. The van der Waals surface area contributed by atoms with E-state index in [0.717, 1.165) is 58.8 Å². The third kappa shape index (κ3) is 6.44. The Bertz CT molecular complexity index is 433. The molecule has 0 saturated carbocycles. The molecule has 0 amide bonds. The molecule has 0 aromatic heterocycles. The SMILES string of the molecule is Cc1cccc(CCCN(C)CC(O)CN2CCOCC2)c1. The van der Waals surface area contributed by atoms with Gasteiger partial charge in [-0.2, -0.15) is 0 Å². The number of aliphatic hydroxyl groups is 1. The maximum Gasteiger partial charge on any atom is 0.0793 e. The molecule has 1 saturated heterocycles. The molecule has 1 atom stereocenters. The summed E-state index contributed by atoms with van der Waals surface area (Å²) in [4.78, 5) is 4.52. The Hall–Kier alpha value is -0.940. The minimum Gasteiger partial charge on any atom is -0.390 e. The maximum atomic E-state index is 10.2. The van der Waals surface area contributed by atoms with Gasteiger partial charge in [0.05, 0.1) is 19.3 Å². The fourth-order valence-electron chi connectivity index (χ4n) is 3.01. The smallest absolute Gasteiger partial charge is 0.0793 e. The topological polar surface area (TPSA) is 35.9 Å². The first-order valence-corrected chi connectivity index (χ1v) is 8.36. The Morgan fingerprint density at radius 3 is 2.82 bits per heavy atom. The molecule has 0 aliphatic carbocycles. The number of hydrogen-bond donors (Lipinski definition) is 1. The zero-order valence-electron chi connectivity index (χ0n) is 14.0. The average molecular weight is 306 g/mol. The lowest BCUT2D eigenvalue weighted by Gasteiger charge is -2.30. The summed E-state index contributed by atoms with van der Waals surface area (Å²) in [5, 5.41) is 10.2. The molecule has 4 nitrogen and oxygen atoms in total. The van der Waals surface area contributed by atoms with Crippen molar-refractivity contribution >= 4 is 0 Å². The maximum absolute atomic E-state index is 10.2. The van der Waals surface area contributed by atoms with Gasteiger partial charge in [0, 0.05) is 26.2 Å². The molecule has 1 aromatic carbocycles. The van der Waals surface area contributed by atoms with Gasteiger partial charge in [-0.1, -0.05) is 29.8 Å². The normalized spacial score (nSPS) is 17.8. The lowest BCUT2D eigenvalue weighted by atomic mass is 10.1. The number of likely N-dealkylation sites (N-methyl/N-ethyl adjacent to an activating group) is 1. The number of nitrogens with zero attached hydrogens (tertiary/aromatic N) is 2. The van der Waals surface area contributed by atoms with E-state index < -0.39 is 0 Å². The number of morpholine rings is 1. The van der Waals surface area contributed by atoms with Crippen molar-refractivity contribution in [3.05, 3.63) is 35.4 Å². The Kier molecular flexibility index (Phi) is 7.33. The van der Waals surface area contributed by atoms with E-state index in [2.05, 4.69) is 48.0 Å². The van der Waals surface area contributed by atoms with E-state index in [1.807, 2.05) is 0 Å². The quantitative estimate of drug-likeness (QED) is 0.790. The Morgan fingerprint density at radius 1 is 1.32 bits per heavy atom. The molecule has 1 heterocycles. The van der Waals surface area contributed by atoms with Crippen LogP contribution < -0.4 is 0 Å². The molecule has 1 aromatic rings. The van der Waals surface area contributed by atoms with Crippen LogP contribution in [-0.4, -0.2) is 74.0 Å². The second kappa shape index (κ2) is 9.26. The number of hydrogen-bond acceptors (Lipinski definition) is 4. The average Bonchev–Trinajstić information content (AvgIpc) is 2.48. The van der Waals surface area contributed by atoms with Crippen molar-refractivity contribution in [2.75, 3.05) is 53.0 Å². The van der Waals surface area contributed by atoms with E-state index >= 15 is 0 Å². The van der Waals surface area contributed by atoms with Crippen molar-refractivity contribution in [2.24, 2.45) is 0 Å². The van der Waals surface area contributed by atoms with E-state index in [1.165, 1.54) is 11.1 Å². The molecule has 0 radical (unpaired) electrons. The van der Waals surface area contributed by atoms with Crippen LogP contribution >= 0.6 is 0 Å². The second-order valence-corrected chi connectivity index (χ2v) is 6.42. The summed E-state index contributed by atoms with van der Waals surface area (Å²) >= 11 is 0. The molecular weight excluding hydrogens is 276 g/mol. The molecule has 22 heavy (non-hydrogen) atoms. The van der Waals surface area contributed by atoms with Gasteiger partial charge >= 0.3 is 0 Å². The van der Waals surface area contributed by atoms with E-state index in [4.69, 9.17) is 4.74 Å². The third-order valence-electron chi connectivity index (χ3n) is 4.18. The summed E-state index contributed by atoms with van der Waals surface area (Å²) in [6, 6.07) is 8.71. The third-order valence-corrected chi connectivity index (χ3v) is 4.18. The predicted octanol–water partition coefficient (Wildman–Crippen LogP) is 1.55. The minimum absolute atomic E-state index is 0.276. The van der Waals surface area contributed by atoms with Crippen LogP contribution in [0.4, 0.5) is 0 Å². The van der Waals surface area contributed by atoms with Gasteiger partial charge in [-0.25, -0.2) is 0 Å². The standard InChI is InChI=1S/C18H30N2O2/c1-16-5-3-6-17(13-16)7-4-8-19(2)14-18(21)15-20-9-11-22-12-10-20/h3,5-6,13,18,21H,4,7-12,14-15H2,1-2H3. The molecule has 1 unspecified atom stereocenters. The van der Waals surface area contributed by atoms with Crippen molar-refractivity contribution in [1.82, 2.24) is 9.80 Å². The number of ether oxygens (including phenoxy) is 1. The zero-order valence-corrected chi connectivity index (χ0v) is 14.0. The van der Waals surface area contributed by atoms with Crippen LogP contribution in [0, 0.1) is 6.92 Å². The first-order chi connectivity index (χ1) is 10.6. The summed E-state index contributed by atoms with van der Waals surface area (Å²) < 4.78 is 5.33. The van der Waals surface area contributed by atoms with Gasteiger partial charge < -0.3 is 14.7 Å². The highest BCUT2D eigenvalue weighted by atomic mass is 16.5. The van der Waals surface area contributed by atoms with Gasteiger partial charge in [0.25, 0.3) is 0 Å². The van der Waals surface area contributed by atoms with Crippen molar-refractivity contribution in [2.45, 2.75) is 25.9 Å². The van der Waals surface area contributed by atoms with Crippen molar-refractivity contribution in [3.63, 3.8) is 0 Å². The van der Waals surface area contributed by atoms with Gasteiger partial charge in [-0.15, -0.1) is 0 Å². The van der Waals surface area contributed by atoms with Crippen molar-refractivity contribution in [1.29, 1.82) is 0 Å². The zero-order chi connectivity index (χ0) is 15.8. The lowest BCUT2D eigenvalue weighted by Crippen LogP contribution is -2.44. The highest BCUT2D eigenvalue weighted by Crippen LogP contribution is 2.07. The van der Waals surface area contributed by atoms with Gasteiger partial charge in [0.15, 0.2) is 0 Å². The predicted molar refractivity (Wildman–Crippen MR) is 90.3 cm³/mol. The first kappa shape index (κ1) is 17.4. The van der Waals surface area contributed by atoms with Crippen LogP contribution in [0.2, 0.25) is 0 Å². The monoisotopic (exact) mass is 306 g/mol. The number of aryl methyl sites for hydroxylation is 2. The van der Waals surface area contributed by atoms with Crippen LogP contribution in [0.25, 0.3) is 0 Å². The van der Waals surface area contributed by atoms with Crippen LogP contribution in [0.15, 0.2) is 24.3 Å². The van der Waals surface area contributed by atoms with Crippen molar-refractivity contribution in [3.8, 4) is 0 Å². The fourth-order valence-corrected chi connectivity index (χ4v) is 3.01. The van der Waals surface area contributed by atoms with Crippen LogP contribution in [0.1, 0.15) is 17.5 Å². The number of β-amino-alcohol motifs (C(OH)–C–C–N with tert-alkyl or cyclic N) is 1. The Morgan fingerprint density at radius 2 is 2.09 bits per heavy atom. The summed E-state index contributed by atoms with van der Waals surface area (Å²) in [6.45, 7) is 8.11. The Labute approximate surface area is 134 Å². The fraction of sp³-hybridized carbons (Fsp3) is 0.667. The van der Waals surface area contributed by atoms with E-state index in [0.29, 0.717) is 0 Å². The van der Waals surface area contributed by atoms with E-state index in [1.54, 1.807) is 0 Å². The largest absolute Gasteiger partial charge is 0.390 e. The molecule has 1 fully saturated rings. The van der Waals surface area contributed by atoms with Gasteiger partial charge in [-0.3, -0.25) is 4.90 Å². The molecule has 1 N–H and O–H groups in total. The van der Waals surface area contributed by atoms with Gasteiger partial charge in [-0.05, 0) is 38.9 Å². The van der Waals surface area contributed by atoms with Gasteiger partial charge in [0.1, 0.15) is 0 Å². The molecule has 124 valence electrons. The molecule has 1 aliphatic rings. The minimum atomic E-state index is -0.276. The molecule has 4 heteroatoms. The van der Waals surface area contributed by atoms with Crippen LogP contribution in [-0.2, 0) is 11.2 Å². The first-order valence-electron chi connectivity index (χ1n) is 8.36. The molecule has 0 spiro atoms. The molecule has 2 rings (SSSR count). The highest BCUT2D eigenvalue weighted by molar-refractivity contribution is 5.22. The summed E-state index contributed by atoms with van der Waals surface area (Å²) in [5.74, 6) is 0.